The number of rotatable bonds is 4. The second-order valence-corrected chi connectivity index (χ2v) is 7.98. The molecule has 2 saturated heterocycles. The number of imide groups is 2. The number of nitrogens with zero attached hydrogens (tertiary/aromatic N) is 4. The minimum Gasteiger partial charge on any atom is -0.340 e. The molecule has 0 radical (unpaired) electrons. The summed E-state index contributed by atoms with van der Waals surface area (Å²) in [6.45, 7) is 2.40. The SMILES string of the molecule is CCN1C(=O)C(=O)N(CC(=O)N2CCC[C@@H](c3nc4ccccc4s3)C2)C1=O. The van der Waals surface area contributed by atoms with Crippen LogP contribution in [0.15, 0.2) is 24.3 Å². The van der Waals surface area contributed by atoms with Crippen LogP contribution in [-0.2, 0) is 14.4 Å². The van der Waals surface area contributed by atoms with Crippen molar-refractivity contribution in [3.05, 3.63) is 29.3 Å². The van der Waals surface area contributed by atoms with Crippen LogP contribution in [0.2, 0.25) is 0 Å². The highest BCUT2D eigenvalue weighted by Gasteiger charge is 2.45. The molecule has 28 heavy (non-hydrogen) atoms. The van der Waals surface area contributed by atoms with Crippen LogP contribution in [0.4, 0.5) is 4.79 Å². The van der Waals surface area contributed by atoms with E-state index in [1.807, 2.05) is 24.3 Å². The standard InChI is InChI=1S/C19H20N4O4S/c1-2-22-17(25)18(26)23(19(22)27)11-15(24)21-9-5-6-12(10-21)16-20-13-7-3-4-8-14(13)28-16/h3-4,7-8,12H,2,5-6,9-11H2,1H3/t12-/m1/s1. The van der Waals surface area contributed by atoms with Crippen LogP contribution >= 0.6 is 11.3 Å². The number of para-hydroxylation sites is 1. The zero-order valence-corrected chi connectivity index (χ0v) is 16.3. The van der Waals surface area contributed by atoms with E-state index < -0.39 is 24.4 Å². The molecular weight excluding hydrogens is 380 g/mol. The van der Waals surface area contributed by atoms with Crippen LogP contribution in [0, 0.1) is 0 Å². The number of likely N-dealkylation sites (N-methyl/N-ethyl adjacent to an activating group) is 1. The number of hydrogen-bond acceptors (Lipinski definition) is 6. The second kappa shape index (κ2) is 7.31. The lowest BCUT2D eigenvalue weighted by Gasteiger charge is -2.32. The van der Waals surface area contributed by atoms with E-state index in [1.54, 1.807) is 23.2 Å². The Kier molecular flexibility index (Phi) is 4.84. The first-order valence-corrected chi connectivity index (χ1v) is 10.1. The minimum absolute atomic E-state index is 0.109. The summed E-state index contributed by atoms with van der Waals surface area (Å²) in [4.78, 5) is 56.7. The van der Waals surface area contributed by atoms with Gasteiger partial charge in [0.15, 0.2) is 0 Å². The Hall–Kier alpha value is -2.81. The summed E-state index contributed by atoms with van der Waals surface area (Å²) in [5.41, 5.74) is 0.956. The first-order valence-electron chi connectivity index (χ1n) is 9.30. The summed E-state index contributed by atoms with van der Waals surface area (Å²) in [5, 5.41) is 0.999. The molecule has 0 unspecified atom stereocenters. The van der Waals surface area contributed by atoms with Crippen LogP contribution in [0.5, 0.6) is 0 Å². The number of likely N-dealkylation sites (tertiary alicyclic amines) is 1. The van der Waals surface area contributed by atoms with Crippen LogP contribution in [0.1, 0.15) is 30.7 Å². The third-order valence-electron chi connectivity index (χ3n) is 5.18. The molecule has 8 nitrogen and oxygen atoms in total. The molecule has 0 aliphatic carbocycles. The molecule has 2 aliphatic rings. The Balaban J connectivity index is 1.45. The number of carbonyl (C=O) groups excluding carboxylic acids is 4. The van der Waals surface area contributed by atoms with Crippen molar-refractivity contribution in [1.82, 2.24) is 19.7 Å². The lowest BCUT2D eigenvalue weighted by atomic mass is 9.98. The Morgan fingerprint density at radius 3 is 2.64 bits per heavy atom. The smallest absolute Gasteiger partial charge is 0.334 e. The molecule has 4 rings (SSSR count). The van der Waals surface area contributed by atoms with E-state index in [-0.39, 0.29) is 18.4 Å². The molecule has 2 aliphatic heterocycles. The van der Waals surface area contributed by atoms with Gasteiger partial charge < -0.3 is 4.90 Å². The zero-order valence-electron chi connectivity index (χ0n) is 15.5. The molecule has 2 fully saturated rings. The number of fused-ring (bicyclic) bond motifs is 1. The number of carbonyl (C=O) groups is 4. The molecule has 0 bridgehead atoms. The van der Waals surface area contributed by atoms with Gasteiger partial charge in [-0.2, -0.15) is 0 Å². The van der Waals surface area contributed by atoms with E-state index in [4.69, 9.17) is 4.98 Å². The van der Waals surface area contributed by atoms with E-state index in [2.05, 4.69) is 0 Å². The Morgan fingerprint density at radius 2 is 1.93 bits per heavy atom. The maximum atomic E-state index is 12.7. The quantitative estimate of drug-likeness (QED) is 0.577. The summed E-state index contributed by atoms with van der Waals surface area (Å²) in [6, 6.07) is 7.22. The number of urea groups is 1. The van der Waals surface area contributed by atoms with Crippen LogP contribution < -0.4 is 0 Å². The van der Waals surface area contributed by atoms with E-state index in [0.717, 1.165) is 37.9 Å². The van der Waals surface area contributed by atoms with Crippen molar-refractivity contribution < 1.29 is 19.2 Å². The highest BCUT2D eigenvalue weighted by molar-refractivity contribution is 7.18. The highest BCUT2D eigenvalue weighted by Crippen LogP contribution is 2.33. The fraction of sp³-hybridized carbons (Fsp3) is 0.421. The van der Waals surface area contributed by atoms with Crippen molar-refractivity contribution >= 4 is 45.3 Å². The highest BCUT2D eigenvalue weighted by atomic mass is 32.1. The predicted octanol–water partition coefficient (Wildman–Crippen LogP) is 1.81. The van der Waals surface area contributed by atoms with Crippen molar-refractivity contribution in [3.8, 4) is 0 Å². The molecule has 5 amide bonds. The second-order valence-electron chi connectivity index (χ2n) is 6.92. The van der Waals surface area contributed by atoms with E-state index in [1.165, 1.54) is 0 Å². The number of amides is 5. The van der Waals surface area contributed by atoms with Crippen molar-refractivity contribution in [1.29, 1.82) is 0 Å². The van der Waals surface area contributed by atoms with Crippen molar-refractivity contribution in [3.63, 3.8) is 0 Å². The largest absolute Gasteiger partial charge is 0.340 e. The van der Waals surface area contributed by atoms with Gasteiger partial charge in [-0.25, -0.2) is 14.7 Å². The molecule has 146 valence electrons. The van der Waals surface area contributed by atoms with Gasteiger partial charge in [-0.05, 0) is 31.9 Å². The fourth-order valence-electron chi connectivity index (χ4n) is 3.67. The summed E-state index contributed by atoms with van der Waals surface area (Å²) < 4.78 is 1.12. The maximum absolute atomic E-state index is 12.7. The number of benzene rings is 1. The predicted molar refractivity (Wildman–Crippen MR) is 103 cm³/mol. The Labute approximate surface area is 165 Å². The molecule has 1 atom stereocenters. The van der Waals surface area contributed by atoms with Crippen LogP contribution in [0.25, 0.3) is 10.2 Å². The lowest BCUT2D eigenvalue weighted by Crippen LogP contribution is -2.46. The maximum Gasteiger partial charge on any atom is 0.334 e. The minimum atomic E-state index is -0.931. The van der Waals surface area contributed by atoms with Crippen molar-refractivity contribution in [2.45, 2.75) is 25.7 Å². The van der Waals surface area contributed by atoms with Gasteiger partial charge in [0.1, 0.15) is 6.54 Å². The number of piperidine rings is 1. The van der Waals surface area contributed by atoms with Gasteiger partial charge in [-0.15, -0.1) is 11.3 Å². The van der Waals surface area contributed by atoms with Crippen LogP contribution in [-0.4, -0.2) is 69.6 Å². The molecular formula is C19H20N4O4S. The average molecular weight is 400 g/mol. The zero-order chi connectivity index (χ0) is 19.8. The first kappa shape index (κ1) is 18.5. The van der Waals surface area contributed by atoms with E-state index >= 15 is 0 Å². The lowest BCUT2D eigenvalue weighted by molar-refractivity contribution is -0.145. The first-order chi connectivity index (χ1) is 13.5. The number of hydrogen-bond donors (Lipinski definition) is 0. The third-order valence-corrected chi connectivity index (χ3v) is 6.38. The summed E-state index contributed by atoms with van der Waals surface area (Å²) in [7, 11) is 0. The summed E-state index contributed by atoms with van der Waals surface area (Å²) in [5.74, 6) is -1.99. The third kappa shape index (κ3) is 3.15. The molecule has 0 spiro atoms. The topological polar surface area (TPSA) is 90.9 Å². The molecule has 1 aromatic carbocycles. The molecule has 0 saturated carbocycles. The Bertz CT molecular complexity index is 939. The van der Waals surface area contributed by atoms with Gasteiger partial charge in [0, 0.05) is 25.6 Å². The molecule has 2 aromatic rings. The fourth-order valence-corrected chi connectivity index (χ4v) is 4.77. The van der Waals surface area contributed by atoms with Crippen molar-refractivity contribution in [2.24, 2.45) is 0 Å². The van der Waals surface area contributed by atoms with E-state index in [9.17, 15) is 19.2 Å². The van der Waals surface area contributed by atoms with Gasteiger partial charge in [0.25, 0.3) is 0 Å². The van der Waals surface area contributed by atoms with Crippen molar-refractivity contribution in [2.75, 3.05) is 26.2 Å². The van der Waals surface area contributed by atoms with Crippen LogP contribution in [0.3, 0.4) is 0 Å². The average Bonchev–Trinajstić information content (AvgIpc) is 3.23. The normalized spacial score (nSPS) is 20.5. The van der Waals surface area contributed by atoms with E-state index in [0.29, 0.717) is 13.1 Å². The number of aromatic nitrogens is 1. The van der Waals surface area contributed by atoms with Gasteiger partial charge >= 0.3 is 17.8 Å². The van der Waals surface area contributed by atoms with Gasteiger partial charge in [-0.3, -0.25) is 19.3 Å². The monoisotopic (exact) mass is 400 g/mol. The molecule has 1 aromatic heterocycles. The van der Waals surface area contributed by atoms with Gasteiger partial charge in [0.05, 0.1) is 15.2 Å². The van der Waals surface area contributed by atoms with Gasteiger partial charge in [-0.1, -0.05) is 12.1 Å². The molecule has 3 heterocycles. The summed E-state index contributed by atoms with van der Waals surface area (Å²) in [6.07, 6.45) is 1.77. The molecule has 0 N–H and O–H groups in total. The molecule has 9 heteroatoms. The van der Waals surface area contributed by atoms with Gasteiger partial charge in [0.2, 0.25) is 5.91 Å². The summed E-state index contributed by atoms with van der Waals surface area (Å²) >= 11 is 1.64. The number of thiazole rings is 1. The Morgan fingerprint density at radius 1 is 1.18 bits per heavy atom.